The van der Waals surface area contributed by atoms with Crippen LogP contribution in [0, 0.1) is 0 Å². The van der Waals surface area contributed by atoms with E-state index < -0.39 is 11.9 Å². The molecular weight excluding hydrogens is 395 g/mol. The van der Waals surface area contributed by atoms with Crippen molar-refractivity contribution in [1.82, 2.24) is 14.8 Å². The van der Waals surface area contributed by atoms with Crippen LogP contribution in [0.2, 0.25) is 0 Å². The third-order valence-corrected chi connectivity index (χ3v) is 5.55. The Morgan fingerprint density at radius 2 is 1.97 bits per heavy atom. The fourth-order valence-corrected chi connectivity index (χ4v) is 3.95. The van der Waals surface area contributed by atoms with Crippen LogP contribution in [0.4, 0.5) is 24.7 Å². The average molecular weight is 421 g/mol. The van der Waals surface area contributed by atoms with Gasteiger partial charge in [0.2, 0.25) is 0 Å². The summed E-state index contributed by atoms with van der Waals surface area (Å²) in [6.07, 6.45) is 2.35. The number of rotatable bonds is 5. The molecule has 6 nitrogen and oxygen atoms in total. The molecule has 0 aromatic carbocycles. The Bertz CT molecular complexity index is 938. The van der Waals surface area contributed by atoms with E-state index in [1.54, 1.807) is 17.1 Å². The van der Waals surface area contributed by atoms with Gasteiger partial charge in [0.1, 0.15) is 11.5 Å². The highest BCUT2D eigenvalue weighted by atomic mass is 19.4. The first-order chi connectivity index (χ1) is 14.2. The molecule has 2 aromatic heterocycles. The number of allylic oxidation sites excluding steroid dienone is 1. The number of aryl methyl sites for hydroxylation is 1. The number of halogens is 3. The Labute approximate surface area is 173 Å². The molecule has 3 N–H and O–H groups in total. The molecule has 0 radical (unpaired) electrons. The van der Waals surface area contributed by atoms with Crippen molar-refractivity contribution in [3.63, 3.8) is 0 Å². The van der Waals surface area contributed by atoms with Crippen LogP contribution < -0.4 is 11.1 Å². The Morgan fingerprint density at radius 1 is 1.27 bits per heavy atom. The summed E-state index contributed by atoms with van der Waals surface area (Å²) in [5, 5.41) is 7.06. The number of carbonyl (C=O) groups is 1. The minimum atomic E-state index is -4.51. The molecule has 0 spiro atoms. The highest BCUT2D eigenvalue weighted by Gasteiger charge is 2.33. The third kappa shape index (κ3) is 4.83. The van der Waals surface area contributed by atoms with E-state index in [-0.39, 0.29) is 17.6 Å². The van der Waals surface area contributed by atoms with Gasteiger partial charge in [-0.2, -0.15) is 18.3 Å². The molecule has 2 heterocycles. The molecule has 9 heteroatoms. The first-order valence-corrected chi connectivity index (χ1v) is 10.1. The van der Waals surface area contributed by atoms with Crippen molar-refractivity contribution < 1.29 is 18.0 Å². The van der Waals surface area contributed by atoms with Crippen molar-refractivity contribution >= 4 is 17.4 Å². The van der Waals surface area contributed by atoms with Crippen molar-refractivity contribution in [2.75, 3.05) is 11.1 Å². The zero-order chi connectivity index (χ0) is 21.9. The maximum absolute atomic E-state index is 12.8. The second kappa shape index (κ2) is 8.89. The molecule has 0 saturated heterocycles. The molecule has 2 aromatic rings. The van der Waals surface area contributed by atoms with Gasteiger partial charge in [-0.05, 0) is 56.6 Å². The van der Waals surface area contributed by atoms with Crippen LogP contribution >= 0.6 is 0 Å². The van der Waals surface area contributed by atoms with Crippen molar-refractivity contribution in [2.24, 2.45) is 0 Å². The number of aromatic nitrogens is 3. The lowest BCUT2D eigenvalue weighted by Crippen LogP contribution is -2.18. The quantitative estimate of drug-likeness (QED) is 0.672. The maximum atomic E-state index is 12.8. The van der Waals surface area contributed by atoms with Crippen molar-refractivity contribution in [3.8, 4) is 0 Å². The summed E-state index contributed by atoms with van der Waals surface area (Å²) in [5.74, 6) is -0.159. The summed E-state index contributed by atoms with van der Waals surface area (Å²) in [5.41, 5.74) is 8.00. The average Bonchev–Trinajstić information content (AvgIpc) is 3.16. The number of carbonyl (C=O) groups excluding carboxylic acids is 1. The second-order valence-electron chi connectivity index (χ2n) is 7.42. The monoisotopic (exact) mass is 421 g/mol. The predicted molar refractivity (Wildman–Crippen MR) is 109 cm³/mol. The molecular formula is C21H26F3N5O. The highest BCUT2D eigenvalue weighted by Crippen LogP contribution is 2.40. The van der Waals surface area contributed by atoms with Gasteiger partial charge in [-0.25, -0.2) is 4.98 Å². The van der Waals surface area contributed by atoms with E-state index in [0.717, 1.165) is 36.6 Å². The number of nitrogens with one attached hydrogen (secondary N) is 1. The zero-order valence-corrected chi connectivity index (χ0v) is 17.1. The van der Waals surface area contributed by atoms with Crippen LogP contribution in [0.5, 0.6) is 0 Å². The van der Waals surface area contributed by atoms with Crippen LogP contribution in [-0.2, 0) is 17.5 Å². The molecule has 162 valence electrons. The first-order valence-electron chi connectivity index (χ1n) is 10.1. The largest absolute Gasteiger partial charge is 0.433 e. The molecule has 3 rings (SSSR count). The summed E-state index contributed by atoms with van der Waals surface area (Å²) in [7, 11) is 0. The van der Waals surface area contributed by atoms with E-state index in [2.05, 4.69) is 15.4 Å². The smallest absolute Gasteiger partial charge is 0.383 e. The predicted octanol–water partition coefficient (Wildman–Crippen LogP) is 4.90. The van der Waals surface area contributed by atoms with Gasteiger partial charge in [0.15, 0.2) is 0 Å². The number of nitrogens with two attached hydrogens (primary N) is 1. The number of hydrogen-bond acceptors (Lipinski definition) is 4. The molecule has 30 heavy (non-hydrogen) atoms. The van der Waals surface area contributed by atoms with Gasteiger partial charge >= 0.3 is 6.18 Å². The molecule has 1 aliphatic carbocycles. The van der Waals surface area contributed by atoms with Crippen LogP contribution in [0.3, 0.4) is 0 Å². The molecule has 0 aliphatic heterocycles. The fraction of sp³-hybridized carbons (Fsp3) is 0.476. The standard InChI is InChI=1S/C21H26F3N5O/c1-3-16(20(30)27-15-11-26-29(4-2)12-15)13-5-7-14(8-6-13)17-9-10-18(21(22,23)24)28-19(17)25/h9-12,14H,3-8H2,1-2H3,(H2,25,28)(H,27,30). The molecule has 1 amide bonds. The van der Waals surface area contributed by atoms with E-state index in [1.165, 1.54) is 6.07 Å². The lowest BCUT2D eigenvalue weighted by atomic mass is 9.79. The lowest BCUT2D eigenvalue weighted by Gasteiger charge is -2.27. The normalized spacial score (nSPS) is 17.1. The van der Waals surface area contributed by atoms with Crippen molar-refractivity contribution in [2.45, 2.75) is 64.6 Å². The number of alkyl halides is 3. The number of nitrogens with zero attached hydrogens (tertiary/aromatic N) is 3. The van der Waals surface area contributed by atoms with E-state index >= 15 is 0 Å². The van der Waals surface area contributed by atoms with E-state index in [9.17, 15) is 18.0 Å². The van der Waals surface area contributed by atoms with Gasteiger partial charge in [-0.1, -0.05) is 18.6 Å². The summed E-state index contributed by atoms with van der Waals surface area (Å²) < 4.78 is 40.2. The number of amides is 1. The third-order valence-electron chi connectivity index (χ3n) is 5.55. The Balaban J connectivity index is 1.69. The molecule has 0 atom stereocenters. The van der Waals surface area contributed by atoms with E-state index in [4.69, 9.17) is 5.73 Å². The van der Waals surface area contributed by atoms with Gasteiger partial charge in [-0.15, -0.1) is 0 Å². The summed E-state index contributed by atoms with van der Waals surface area (Å²) in [6.45, 7) is 4.64. The van der Waals surface area contributed by atoms with Crippen LogP contribution in [0.25, 0.3) is 0 Å². The van der Waals surface area contributed by atoms with Crippen LogP contribution in [0.15, 0.2) is 35.7 Å². The molecule has 0 unspecified atom stereocenters. The highest BCUT2D eigenvalue weighted by molar-refractivity contribution is 6.04. The molecule has 1 saturated carbocycles. The van der Waals surface area contributed by atoms with Crippen LogP contribution in [-0.4, -0.2) is 20.7 Å². The molecule has 1 fully saturated rings. The van der Waals surface area contributed by atoms with Crippen molar-refractivity contribution in [1.29, 1.82) is 0 Å². The Morgan fingerprint density at radius 3 is 2.50 bits per heavy atom. The van der Waals surface area contributed by atoms with Crippen molar-refractivity contribution in [3.05, 3.63) is 46.9 Å². The van der Waals surface area contributed by atoms with Gasteiger partial charge in [0.25, 0.3) is 5.91 Å². The van der Waals surface area contributed by atoms with Gasteiger partial charge in [0.05, 0.1) is 11.9 Å². The van der Waals surface area contributed by atoms with Gasteiger partial charge in [-0.3, -0.25) is 9.48 Å². The molecule has 1 aliphatic rings. The maximum Gasteiger partial charge on any atom is 0.433 e. The number of anilines is 2. The van der Waals surface area contributed by atoms with E-state index in [1.807, 2.05) is 13.8 Å². The Hall–Kier alpha value is -2.84. The number of nitrogen functional groups attached to an aromatic ring is 1. The van der Waals surface area contributed by atoms with Gasteiger partial charge in [0, 0.05) is 18.3 Å². The topological polar surface area (TPSA) is 85.8 Å². The fourth-order valence-electron chi connectivity index (χ4n) is 3.95. The lowest BCUT2D eigenvalue weighted by molar-refractivity contribution is -0.141. The Kier molecular flexibility index (Phi) is 6.48. The number of hydrogen-bond donors (Lipinski definition) is 2. The second-order valence-corrected chi connectivity index (χ2v) is 7.42. The summed E-state index contributed by atoms with van der Waals surface area (Å²) >= 11 is 0. The van der Waals surface area contributed by atoms with Crippen LogP contribution in [0.1, 0.15) is 63.1 Å². The van der Waals surface area contributed by atoms with Gasteiger partial charge < -0.3 is 11.1 Å². The minimum absolute atomic E-state index is 0.0347. The molecule has 0 bridgehead atoms. The summed E-state index contributed by atoms with van der Waals surface area (Å²) in [6, 6.07) is 2.42. The number of pyridine rings is 1. The van der Waals surface area contributed by atoms with E-state index in [0.29, 0.717) is 30.5 Å². The SMILES string of the molecule is CCC(C(=O)Nc1cnn(CC)c1)=C1CCC(c2ccc(C(F)(F)F)nc2N)CC1. The summed E-state index contributed by atoms with van der Waals surface area (Å²) in [4.78, 5) is 16.3. The minimum Gasteiger partial charge on any atom is -0.383 e. The first kappa shape index (κ1) is 21.9. The zero-order valence-electron chi connectivity index (χ0n) is 17.1.